The Bertz CT molecular complexity index is 585. The summed E-state index contributed by atoms with van der Waals surface area (Å²) in [4.78, 5) is 2.05. The number of ether oxygens (including phenoxy) is 2. The molecule has 1 fully saturated rings. The fourth-order valence-electron chi connectivity index (χ4n) is 2.28. The van der Waals surface area contributed by atoms with Crippen molar-refractivity contribution in [3.63, 3.8) is 0 Å². The maximum Gasteiger partial charge on any atom is 0.318 e. The molecular weight excluding hydrogens is 258 g/mol. The molecule has 3 rings (SSSR count). The molecule has 20 heavy (non-hydrogen) atoms. The Morgan fingerprint density at radius 1 is 1.35 bits per heavy atom. The van der Waals surface area contributed by atoms with Crippen molar-refractivity contribution in [1.29, 1.82) is 0 Å². The van der Waals surface area contributed by atoms with Gasteiger partial charge >= 0.3 is 6.01 Å². The Kier molecular flexibility index (Phi) is 3.56. The van der Waals surface area contributed by atoms with E-state index >= 15 is 0 Å². The van der Waals surface area contributed by atoms with Crippen molar-refractivity contribution < 1.29 is 13.9 Å². The van der Waals surface area contributed by atoms with Crippen molar-refractivity contribution in [2.75, 3.05) is 31.7 Å². The molecule has 2 heterocycles. The minimum atomic E-state index is -0.0222. The Balaban J connectivity index is 1.77. The fourth-order valence-corrected chi connectivity index (χ4v) is 2.28. The molecule has 0 radical (unpaired) electrons. The number of aryl methyl sites for hydroxylation is 1. The van der Waals surface area contributed by atoms with Crippen LogP contribution in [-0.2, 0) is 4.74 Å². The largest absolute Gasteiger partial charge is 0.497 e. The van der Waals surface area contributed by atoms with E-state index in [1.807, 2.05) is 29.2 Å². The highest BCUT2D eigenvalue weighted by Crippen LogP contribution is 2.27. The second kappa shape index (κ2) is 5.50. The Labute approximate surface area is 117 Å². The van der Waals surface area contributed by atoms with Gasteiger partial charge in [-0.15, -0.1) is 5.10 Å². The molecule has 1 aliphatic heterocycles. The van der Waals surface area contributed by atoms with Gasteiger partial charge in [0.25, 0.3) is 0 Å². The number of aromatic nitrogens is 2. The van der Waals surface area contributed by atoms with Crippen LogP contribution in [0.5, 0.6) is 5.75 Å². The highest BCUT2D eigenvalue weighted by molar-refractivity contribution is 5.33. The lowest BCUT2D eigenvalue weighted by molar-refractivity contribution is 0.0378. The van der Waals surface area contributed by atoms with Crippen LogP contribution in [0.15, 0.2) is 28.7 Å². The lowest BCUT2D eigenvalue weighted by Gasteiger charge is -2.31. The Morgan fingerprint density at radius 3 is 3.00 bits per heavy atom. The van der Waals surface area contributed by atoms with Gasteiger partial charge in [-0.2, -0.15) is 0 Å². The van der Waals surface area contributed by atoms with Crippen molar-refractivity contribution in [3.8, 4) is 5.75 Å². The predicted octanol–water partition coefficient (Wildman–Crippen LogP) is 1.96. The number of anilines is 1. The van der Waals surface area contributed by atoms with E-state index in [0.29, 0.717) is 25.1 Å². The first-order chi connectivity index (χ1) is 9.76. The molecule has 1 aromatic carbocycles. The minimum absolute atomic E-state index is 0.0222. The third-order valence-electron chi connectivity index (χ3n) is 3.32. The van der Waals surface area contributed by atoms with Gasteiger partial charge in [0.2, 0.25) is 5.89 Å². The van der Waals surface area contributed by atoms with Gasteiger partial charge in [0.15, 0.2) is 0 Å². The topological polar surface area (TPSA) is 60.6 Å². The van der Waals surface area contributed by atoms with Crippen molar-refractivity contribution in [1.82, 2.24) is 10.2 Å². The third-order valence-corrected chi connectivity index (χ3v) is 3.32. The van der Waals surface area contributed by atoms with Crippen LogP contribution in [-0.4, -0.2) is 37.0 Å². The van der Waals surface area contributed by atoms with Crippen LogP contribution in [0.4, 0.5) is 6.01 Å². The van der Waals surface area contributed by atoms with Gasteiger partial charge in [-0.3, -0.25) is 0 Å². The number of morpholine rings is 1. The second-order valence-corrected chi connectivity index (χ2v) is 4.69. The van der Waals surface area contributed by atoms with E-state index in [0.717, 1.165) is 17.9 Å². The standard InChI is InChI=1S/C14H17N3O3/c1-10-15-16-14(20-10)17-6-7-19-13(9-17)11-4-3-5-12(8-11)18-2/h3-5,8,13H,6-7,9H2,1-2H3. The lowest BCUT2D eigenvalue weighted by Crippen LogP contribution is -2.38. The molecule has 0 saturated carbocycles. The summed E-state index contributed by atoms with van der Waals surface area (Å²) in [5, 5.41) is 7.93. The first-order valence-corrected chi connectivity index (χ1v) is 6.57. The minimum Gasteiger partial charge on any atom is -0.497 e. The molecule has 1 saturated heterocycles. The molecule has 6 heteroatoms. The maximum absolute atomic E-state index is 5.83. The lowest BCUT2D eigenvalue weighted by atomic mass is 10.1. The smallest absolute Gasteiger partial charge is 0.318 e. The molecule has 0 aliphatic carbocycles. The molecule has 2 aromatic rings. The van der Waals surface area contributed by atoms with Crippen molar-refractivity contribution >= 4 is 6.01 Å². The zero-order valence-corrected chi connectivity index (χ0v) is 11.6. The molecule has 1 unspecified atom stereocenters. The molecule has 6 nitrogen and oxygen atoms in total. The first-order valence-electron chi connectivity index (χ1n) is 6.57. The molecule has 106 valence electrons. The second-order valence-electron chi connectivity index (χ2n) is 4.69. The summed E-state index contributed by atoms with van der Waals surface area (Å²) in [5.41, 5.74) is 1.09. The van der Waals surface area contributed by atoms with Crippen LogP contribution in [0.1, 0.15) is 17.6 Å². The van der Waals surface area contributed by atoms with Crippen molar-refractivity contribution in [2.24, 2.45) is 0 Å². The van der Waals surface area contributed by atoms with E-state index in [-0.39, 0.29) is 6.10 Å². The zero-order valence-electron chi connectivity index (χ0n) is 11.6. The highest BCUT2D eigenvalue weighted by Gasteiger charge is 2.25. The van der Waals surface area contributed by atoms with Crippen LogP contribution >= 0.6 is 0 Å². The first kappa shape index (κ1) is 12.9. The van der Waals surface area contributed by atoms with Gasteiger partial charge in [-0.05, 0) is 17.7 Å². The number of nitrogens with zero attached hydrogens (tertiary/aromatic N) is 3. The van der Waals surface area contributed by atoms with Crippen molar-refractivity contribution in [2.45, 2.75) is 13.0 Å². The summed E-state index contributed by atoms with van der Waals surface area (Å²) in [6, 6.07) is 8.47. The molecular formula is C14H17N3O3. The van der Waals surface area contributed by atoms with E-state index in [4.69, 9.17) is 13.9 Å². The van der Waals surface area contributed by atoms with E-state index in [2.05, 4.69) is 10.2 Å². The van der Waals surface area contributed by atoms with Gasteiger partial charge in [0, 0.05) is 13.5 Å². The third kappa shape index (κ3) is 2.60. The molecule has 1 aromatic heterocycles. The average Bonchev–Trinajstić information content (AvgIpc) is 2.94. The molecule has 0 N–H and O–H groups in total. The van der Waals surface area contributed by atoms with E-state index in [1.165, 1.54) is 0 Å². The summed E-state index contributed by atoms with van der Waals surface area (Å²) in [7, 11) is 1.66. The SMILES string of the molecule is COc1cccc(C2CN(c3nnc(C)o3)CCO2)c1. The van der Waals surface area contributed by atoms with Crippen LogP contribution in [0, 0.1) is 6.92 Å². The predicted molar refractivity (Wildman–Crippen MR) is 72.9 cm³/mol. The van der Waals surface area contributed by atoms with Crippen LogP contribution in [0.25, 0.3) is 0 Å². The quantitative estimate of drug-likeness (QED) is 0.853. The average molecular weight is 275 g/mol. The van der Waals surface area contributed by atoms with Gasteiger partial charge in [0.1, 0.15) is 11.9 Å². The number of benzene rings is 1. The normalized spacial score (nSPS) is 19.1. The van der Waals surface area contributed by atoms with Crippen LogP contribution < -0.4 is 9.64 Å². The van der Waals surface area contributed by atoms with Gasteiger partial charge in [-0.25, -0.2) is 0 Å². The van der Waals surface area contributed by atoms with E-state index in [1.54, 1.807) is 14.0 Å². The molecule has 0 spiro atoms. The van der Waals surface area contributed by atoms with E-state index < -0.39 is 0 Å². The number of rotatable bonds is 3. The summed E-state index contributed by atoms with van der Waals surface area (Å²) in [6.45, 7) is 3.86. The van der Waals surface area contributed by atoms with Crippen LogP contribution in [0.2, 0.25) is 0 Å². The molecule has 1 aliphatic rings. The molecule has 0 bridgehead atoms. The maximum atomic E-state index is 5.83. The summed E-state index contributed by atoms with van der Waals surface area (Å²) >= 11 is 0. The molecule has 1 atom stereocenters. The van der Waals surface area contributed by atoms with Crippen molar-refractivity contribution in [3.05, 3.63) is 35.7 Å². The summed E-state index contributed by atoms with van der Waals surface area (Å²) in [6.07, 6.45) is -0.0222. The Morgan fingerprint density at radius 2 is 2.25 bits per heavy atom. The summed E-state index contributed by atoms with van der Waals surface area (Å²) in [5.74, 6) is 1.40. The zero-order chi connectivity index (χ0) is 13.9. The van der Waals surface area contributed by atoms with Gasteiger partial charge in [0.05, 0.1) is 20.3 Å². The van der Waals surface area contributed by atoms with Gasteiger partial charge in [-0.1, -0.05) is 17.2 Å². The Hall–Kier alpha value is -2.08. The fraction of sp³-hybridized carbons (Fsp3) is 0.429. The molecule has 0 amide bonds. The van der Waals surface area contributed by atoms with Gasteiger partial charge < -0.3 is 18.8 Å². The van der Waals surface area contributed by atoms with Crippen LogP contribution in [0.3, 0.4) is 0 Å². The van der Waals surface area contributed by atoms with E-state index in [9.17, 15) is 0 Å². The number of methoxy groups -OCH3 is 1. The highest BCUT2D eigenvalue weighted by atomic mass is 16.5. The number of hydrogen-bond acceptors (Lipinski definition) is 6. The number of hydrogen-bond donors (Lipinski definition) is 0. The summed E-state index contributed by atoms with van der Waals surface area (Å²) < 4.78 is 16.6. The monoisotopic (exact) mass is 275 g/mol.